The van der Waals surface area contributed by atoms with E-state index in [1.807, 2.05) is 12.4 Å². The van der Waals surface area contributed by atoms with E-state index >= 15 is 0 Å². The van der Waals surface area contributed by atoms with Crippen molar-refractivity contribution in [2.24, 2.45) is 4.99 Å². The second kappa shape index (κ2) is 2.54. The van der Waals surface area contributed by atoms with Gasteiger partial charge in [0, 0.05) is 0 Å². The summed E-state index contributed by atoms with van der Waals surface area (Å²) in [6, 6.07) is 0. The zero-order chi connectivity index (χ0) is 4.24. The minimum absolute atomic E-state index is 0.311. The average Bonchev–Trinajstić information content (AvgIpc) is 1.72. The van der Waals surface area contributed by atoms with Crippen molar-refractivity contribution in [2.45, 2.75) is 0 Å². The first-order valence-corrected chi connectivity index (χ1v) is 5.13. The monoisotopic (exact) mass is 155 g/mol. The van der Waals surface area contributed by atoms with Gasteiger partial charge >= 0.3 is 51.8 Å². The third-order valence-corrected chi connectivity index (χ3v) is 2.51. The summed E-state index contributed by atoms with van der Waals surface area (Å²) in [4.78, 5) is 3.86. The molecule has 0 unspecified atom stereocenters. The molecule has 0 aromatic rings. The van der Waals surface area contributed by atoms with Gasteiger partial charge in [0.1, 0.15) is 0 Å². The van der Waals surface area contributed by atoms with Gasteiger partial charge < -0.3 is 0 Å². The van der Waals surface area contributed by atoms with Gasteiger partial charge in [0.15, 0.2) is 0 Å². The Balaban J connectivity index is 2.77. The molecular weight excluding hydrogens is 151 g/mol. The molecule has 0 radical (unpaired) electrons. The molecule has 1 aliphatic heterocycles. The molecule has 28 valence electrons. The Labute approximate surface area is 51.6 Å². The molecule has 0 aliphatic carbocycles. The molecule has 1 rings (SSSR count). The van der Waals surface area contributed by atoms with Gasteiger partial charge in [0.2, 0.25) is 0 Å². The van der Waals surface area contributed by atoms with Crippen molar-refractivity contribution in [3.63, 3.8) is 0 Å². The van der Waals surface area contributed by atoms with Gasteiger partial charge in [0.05, 0.1) is 0 Å². The molecule has 0 aromatic carbocycles. The third-order valence-electron chi connectivity index (χ3n) is 0.566. The van der Waals surface area contributed by atoms with Crippen LogP contribution in [0.1, 0.15) is 0 Å². The summed E-state index contributed by atoms with van der Waals surface area (Å²) in [7, 11) is 0. The minimum atomic E-state index is -0.311. The fraction of sp³-hybridized carbons (Fsp3) is 0. The molecule has 0 bridgehead atoms. The second-order valence-electron chi connectivity index (χ2n) is 1.02. The predicted molar refractivity (Wildman–Crippen MR) is 23.7 cm³/mol. The average molecular weight is 155 g/mol. The molecule has 0 fully saturated rings. The standard InChI is InChI=1S/C4H4N.Y/c1-3-5-4-2;/h1-4H;. The summed E-state index contributed by atoms with van der Waals surface area (Å²) in [6.45, 7) is 0. The summed E-state index contributed by atoms with van der Waals surface area (Å²) in [6.07, 6.45) is 3.78. The number of hydrogen-bond donors (Lipinski definition) is 0. The van der Waals surface area contributed by atoms with Crippen LogP contribution in [-0.4, -0.2) is 9.02 Å². The zero-order valence-corrected chi connectivity index (χ0v) is 6.17. The van der Waals surface area contributed by atoms with Gasteiger partial charge in [-0.3, -0.25) is 0 Å². The zero-order valence-electron chi connectivity index (χ0n) is 3.33. The van der Waals surface area contributed by atoms with Crippen molar-refractivity contribution in [3.05, 3.63) is 9.09 Å². The van der Waals surface area contributed by atoms with E-state index in [0.717, 1.165) is 0 Å². The molecule has 2 heteroatoms. The van der Waals surface area contributed by atoms with Crippen LogP contribution in [0.25, 0.3) is 0 Å². The molecule has 1 heterocycles. The second-order valence-corrected chi connectivity index (χ2v) is 3.86. The SMILES string of the molecule is C1=[CH][Y]=[CH]C=N1. The van der Waals surface area contributed by atoms with E-state index in [9.17, 15) is 0 Å². The van der Waals surface area contributed by atoms with Crippen molar-refractivity contribution < 1.29 is 28.7 Å². The van der Waals surface area contributed by atoms with Crippen molar-refractivity contribution in [1.82, 2.24) is 0 Å². The van der Waals surface area contributed by atoms with Crippen LogP contribution in [0.3, 0.4) is 0 Å². The fourth-order valence-electron chi connectivity index (χ4n) is 0.313. The molecule has 6 heavy (non-hydrogen) atoms. The Hall–Kier alpha value is 0.384. The first-order chi connectivity index (χ1) is 3.00. The van der Waals surface area contributed by atoms with Gasteiger partial charge in [-0.2, -0.15) is 0 Å². The van der Waals surface area contributed by atoms with Crippen molar-refractivity contribution in [3.8, 4) is 0 Å². The molecule has 1 nitrogen and oxygen atoms in total. The Morgan fingerprint density at radius 3 is 2.67 bits per heavy atom. The van der Waals surface area contributed by atoms with E-state index in [1.165, 1.54) is 0 Å². The fourth-order valence-corrected chi connectivity index (χ4v) is 1.61. The van der Waals surface area contributed by atoms with Crippen LogP contribution < -0.4 is 0 Å². The summed E-state index contributed by atoms with van der Waals surface area (Å²) in [5.74, 6) is 0. The number of hydrogen-bond acceptors (Lipinski definition) is 1. The molecular formula is C4H4NY. The third kappa shape index (κ3) is 1.23. The predicted octanol–water partition coefficient (Wildman–Crippen LogP) is 0.427. The Morgan fingerprint density at radius 2 is 2.50 bits per heavy atom. The maximum absolute atomic E-state index is 3.86. The topological polar surface area (TPSA) is 12.4 Å². The van der Waals surface area contributed by atoms with Gasteiger partial charge in [-0.05, 0) is 0 Å². The van der Waals surface area contributed by atoms with Crippen LogP contribution in [0, 0.1) is 0 Å². The molecule has 0 amide bonds. The van der Waals surface area contributed by atoms with E-state index in [0.29, 0.717) is 0 Å². The van der Waals surface area contributed by atoms with Gasteiger partial charge in [-0.25, -0.2) is 0 Å². The molecule has 0 saturated heterocycles. The van der Waals surface area contributed by atoms with E-state index in [1.54, 1.807) is 0 Å². The van der Waals surface area contributed by atoms with Gasteiger partial charge in [-0.15, -0.1) is 0 Å². The molecule has 0 N–H and O–H groups in total. The Bertz CT molecular complexity index is 76.9. The van der Waals surface area contributed by atoms with E-state index in [2.05, 4.69) is 10.7 Å². The van der Waals surface area contributed by atoms with Crippen LogP contribution in [0.15, 0.2) is 14.1 Å². The molecule has 1 aliphatic rings. The number of nitrogens with zero attached hydrogens (tertiary/aromatic N) is 1. The van der Waals surface area contributed by atoms with Crippen LogP contribution in [0.5, 0.6) is 0 Å². The Morgan fingerprint density at radius 1 is 1.50 bits per heavy atom. The van der Waals surface area contributed by atoms with Crippen molar-refractivity contribution in [2.75, 3.05) is 0 Å². The first-order valence-electron chi connectivity index (χ1n) is 1.85. The summed E-state index contributed by atoms with van der Waals surface area (Å²) >= 11 is -0.311. The normalized spacial score (nSPS) is 14.7. The number of aliphatic imine (C=N–C) groups is 1. The van der Waals surface area contributed by atoms with Crippen LogP contribution >= 0.6 is 0 Å². The molecule has 0 aromatic heterocycles. The van der Waals surface area contributed by atoms with Gasteiger partial charge in [-0.1, -0.05) is 0 Å². The van der Waals surface area contributed by atoms with Crippen LogP contribution in [0.2, 0.25) is 0 Å². The van der Waals surface area contributed by atoms with E-state index < -0.39 is 0 Å². The van der Waals surface area contributed by atoms with Crippen molar-refractivity contribution >= 4 is 9.02 Å². The summed E-state index contributed by atoms with van der Waals surface area (Å²) < 4.78 is 4.41. The summed E-state index contributed by atoms with van der Waals surface area (Å²) in [5.41, 5.74) is 0. The quantitative estimate of drug-likeness (QED) is 0.480. The first kappa shape index (κ1) is 4.54. The molecule has 0 spiro atoms. The summed E-state index contributed by atoms with van der Waals surface area (Å²) in [5, 5.41) is 0. The van der Waals surface area contributed by atoms with E-state index in [4.69, 9.17) is 0 Å². The van der Waals surface area contributed by atoms with Crippen LogP contribution in [-0.2, 0) is 28.7 Å². The maximum atomic E-state index is 3.86. The molecule has 0 saturated carbocycles. The Kier molecular flexibility index (Phi) is 1.92. The molecule has 0 atom stereocenters. The van der Waals surface area contributed by atoms with E-state index in [-0.39, 0.29) is 28.7 Å². The number of rotatable bonds is 0. The van der Waals surface area contributed by atoms with Gasteiger partial charge in [0.25, 0.3) is 0 Å². The van der Waals surface area contributed by atoms with Crippen molar-refractivity contribution in [1.29, 1.82) is 0 Å². The van der Waals surface area contributed by atoms with Crippen LogP contribution in [0.4, 0.5) is 0 Å².